The van der Waals surface area contributed by atoms with Crippen molar-refractivity contribution in [3.8, 4) is 28.8 Å². The van der Waals surface area contributed by atoms with Crippen molar-refractivity contribution in [2.24, 2.45) is 5.92 Å². The van der Waals surface area contributed by atoms with Crippen molar-refractivity contribution in [2.45, 2.75) is 25.9 Å². The zero-order chi connectivity index (χ0) is 21.8. The third kappa shape index (κ3) is 4.36. The van der Waals surface area contributed by atoms with Crippen LogP contribution in [0.15, 0.2) is 73.1 Å². The summed E-state index contributed by atoms with van der Waals surface area (Å²) in [6.45, 7) is 4.69. The molecule has 0 radical (unpaired) electrons. The number of nitrogens with zero attached hydrogens (tertiary/aromatic N) is 3. The third-order valence-corrected chi connectivity index (χ3v) is 5.75. The van der Waals surface area contributed by atoms with Crippen molar-refractivity contribution < 1.29 is 9.53 Å². The molecule has 2 unspecified atom stereocenters. The van der Waals surface area contributed by atoms with Crippen LogP contribution in [0.25, 0.3) is 11.1 Å². The van der Waals surface area contributed by atoms with Crippen molar-refractivity contribution in [1.29, 1.82) is 5.26 Å². The smallest absolute Gasteiger partial charge is 0.251 e. The van der Waals surface area contributed by atoms with Crippen LogP contribution in [-0.2, 0) is 0 Å². The maximum atomic E-state index is 12.8. The Morgan fingerprint density at radius 1 is 1.13 bits per heavy atom. The molecule has 1 aromatic heterocycles. The van der Waals surface area contributed by atoms with Gasteiger partial charge in [-0.1, -0.05) is 37.3 Å². The van der Waals surface area contributed by atoms with Crippen LogP contribution < -0.4 is 10.1 Å². The molecule has 1 fully saturated rings. The first-order valence-electron chi connectivity index (χ1n) is 10.3. The van der Waals surface area contributed by atoms with Crippen LogP contribution in [0.2, 0.25) is 0 Å². The summed E-state index contributed by atoms with van der Waals surface area (Å²) < 4.78 is 6.00. The van der Waals surface area contributed by atoms with Crippen LogP contribution >= 0.6 is 0 Å². The molecule has 0 aliphatic carbocycles. The zero-order valence-corrected chi connectivity index (χ0v) is 17.5. The van der Waals surface area contributed by atoms with Crippen LogP contribution in [0.3, 0.4) is 0 Å². The fourth-order valence-electron chi connectivity index (χ4n) is 4.01. The van der Waals surface area contributed by atoms with Gasteiger partial charge < -0.3 is 15.0 Å². The lowest BCUT2D eigenvalue weighted by Crippen LogP contribution is -2.44. The number of nitriles is 1. The summed E-state index contributed by atoms with van der Waals surface area (Å²) in [4.78, 5) is 18.7. The second-order valence-corrected chi connectivity index (χ2v) is 7.83. The van der Waals surface area contributed by atoms with E-state index in [1.165, 1.54) is 0 Å². The maximum absolute atomic E-state index is 12.8. The number of para-hydroxylation sites is 1. The Hall–Kier alpha value is -3.85. The summed E-state index contributed by atoms with van der Waals surface area (Å²) in [5.74, 6) is 1.47. The van der Waals surface area contributed by atoms with Crippen molar-refractivity contribution in [3.05, 3.63) is 78.6 Å². The van der Waals surface area contributed by atoms with Gasteiger partial charge in [0.1, 0.15) is 5.75 Å². The van der Waals surface area contributed by atoms with E-state index in [9.17, 15) is 10.1 Å². The summed E-state index contributed by atoms with van der Waals surface area (Å²) >= 11 is 0. The van der Waals surface area contributed by atoms with Crippen LogP contribution in [-0.4, -0.2) is 34.4 Å². The summed E-state index contributed by atoms with van der Waals surface area (Å²) in [6, 6.07) is 18.8. The average molecular weight is 412 g/mol. The predicted octanol–water partition coefficient (Wildman–Crippen LogP) is 4.46. The summed E-state index contributed by atoms with van der Waals surface area (Å²) in [5.41, 5.74) is 2.41. The highest BCUT2D eigenvalue weighted by Gasteiger charge is 2.37. The number of rotatable bonds is 5. The lowest BCUT2D eigenvalue weighted by atomic mass is 10.00. The summed E-state index contributed by atoms with van der Waals surface area (Å²) in [6.07, 6.45) is 5.61. The van der Waals surface area contributed by atoms with Gasteiger partial charge >= 0.3 is 0 Å². The van der Waals surface area contributed by atoms with Gasteiger partial charge in [0.15, 0.2) is 11.9 Å². The Morgan fingerprint density at radius 2 is 1.87 bits per heavy atom. The van der Waals surface area contributed by atoms with E-state index in [4.69, 9.17) is 4.74 Å². The standard InChI is InChI=1S/C25H24N4O2/c1-17-15-29(16-26)18(2)24(17)28-25(30)20-10-8-19(9-11-20)22-12-13-27-14-23(22)31-21-6-4-3-5-7-21/h3-14,17-18,24H,15H2,1-2H3,(H,28,30)/t17?,18?,24-/m1/s1. The Balaban J connectivity index is 1.50. The van der Waals surface area contributed by atoms with E-state index in [0.717, 1.165) is 16.9 Å². The Bertz CT molecular complexity index is 1090. The quantitative estimate of drug-likeness (QED) is 0.626. The molecule has 3 atom stereocenters. The Morgan fingerprint density at radius 3 is 2.55 bits per heavy atom. The minimum atomic E-state index is -0.134. The number of carbonyl (C=O) groups is 1. The highest BCUT2D eigenvalue weighted by molar-refractivity contribution is 5.95. The molecule has 1 saturated heterocycles. The predicted molar refractivity (Wildman–Crippen MR) is 118 cm³/mol. The van der Waals surface area contributed by atoms with Crippen LogP contribution in [0.4, 0.5) is 0 Å². The van der Waals surface area contributed by atoms with Crippen molar-refractivity contribution in [1.82, 2.24) is 15.2 Å². The number of nitrogens with one attached hydrogen (secondary N) is 1. The molecule has 31 heavy (non-hydrogen) atoms. The van der Waals surface area contributed by atoms with Crippen molar-refractivity contribution in [3.63, 3.8) is 0 Å². The van der Waals surface area contributed by atoms with Crippen LogP contribution in [0.5, 0.6) is 11.5 Å². The van der Waals surface area contributed by atoms with E-state index < -0.39 is 0 Å². The lowest BCUT2D eigenvalue weighted by molar-refractivity contribution is 0.0924. The molecule has 156 valence electrons. The Labute approximate surface area is 182 Å². The molecular weight excluding hydrogens is 388 g/mol. The normalized spacial score (nSPS) is 20.2. The van der Waals surface area contributed by atoms with E-state index in [0.29, 0.717) is 17.9 Å². The van der Waals surface area contributed by atoms with Gasteiger partial charge in [-0.2, -0.15) is 5.26 Å². The SMILES string of the molecule is CC1CN(C#N)C(C)[C@@H]1NC(=O)c1ccc(-c2ccncc2Oc2ccccc2)cc1. The molecule has 0 bridgehead atoms. The third-order valence-electron chi connectivity index (χ3n) is 5.75. The second-order valence-electron chi connectivity index (χ2n) is 7.83. The molecule has 0 saturated carbocycles. The first-order chi connectivity index (χ1) is 15.1. The second kappa shape index (κ2) is 8.88. The monoisotopic (exact) mass is 412 g/mol. The zero-order valence-electron chi connectivity index (χ0n) is 17.5. The number of hydrogen-bond acceptors (Lipinski definition) is 5. The molecule has 1 N–H and O–H groups in total. The highest BCUT2D eigenvalue weighted by Crippen LogP contribution is 2.32. The van der Waals surface area contributed by atoms with Crippen molar-refractivity contribution >= 4 is 5.91 Å². The van der Waals surface area contributed by atoms with Gasteiger partial charge in [-0.05, 0) is 48.7 Å². The first kappa shape index (κ1) is 20.4. The lowest BCUT2D eigenvalue weighted by Gasteiger charge is -2.22. The van der Waals surface area contributed by atoms with E-state index >= 15 is 0 Å². The summed E-state index contributed by atoms with van der Waals surface area (Å²) in [7, 11) is 0. The molecule has 1 aliphatic rings. The number of benzene rings is 2. The molecular formula is C25H24N4O2. The fourth-order valence-corrected chi connectivity index (χ4v) is 4.01. The average Bonchev–Trinajstić information content (AvgIpc) is 3.08. The minimum Gasteiger partial charge on any atom is -0.455 e. The van der Waals surface area contributed by atoms with Gasteiger partial charge in [-0.25, -0.2) is 0 Å². The van der Waals surface area contributed by atoms with E-state index in [-0.39, 0.29) is 23.9 Å². The number of carbonyl (C=O) groups excluding carboxylic acids is 1. The fraction of sp³-hybridized carbons (Fsp3) is 0.240. The molecule has 0 spiro atoms. The van der Waals surface area contributed by atoms with E-state index in [2.05, 4.69) is 23.4 Å². The van der Waals surface area contributed by atoms with E-state index in [1.807, 2.05) is 67.6 Å². The number of aromatic nitrogens is 1. The highest BCUT2D eigenvalue weighted by atomic mass is 16.5. The van der Waals surface area contributed by atoms with Gasteiger partial charge in [-0.3, -0.25) is 9.78 Å². The number of amides is 1. The maximum Gasteiger partial charge on any atom is 0.251 e. The molecule has 6 nitrogen and oxygen atoms in total. The van der Waals surface area contributed by atoms with Gasteiger partial charge in [0, 0.05) is 23.9 Å². The number of ether oxygens (including phenoxy) is 1. The first-order valence-corrected chi connectivity index (χ1v) is 10.3. The van der Waals surface area contributed by atoms with Crippen LogP contribution in [0.1, 0.15) is 24.2 Å². The van der Waals surface area contributed by atoms with E-state index in [1.54, 1.807) is 17.3 Å². The number of likely N-dealkylation sites (tertiary alicyclic amines) is 1. The van der Waals surface area contributed by atoms with Gasteiger partial charge in [0.2, 0.25) is 0 Å². The molecule has 1 aliphatic heterocycles. The van der Waals surface area contributed by atoms with Gasteiger partial charge in [-0.15, -0.1) is 0 Å². The van der Waals surface area contributed by atoms with Crippen molar-refractivity contribution in [2.75, 3.05) is 6.54 Å². The molecule has 4 rings (SSSR count). The molecule has 3 aromatic rings. The van der Waals surface area contributed by atoms with Gasteiger partial charge in [0.05, 0.1) is 18.3 Å². The number of pyridine rings is 1. The topological polar surface area (TPSA) is 78.3 Å². The van der Waals surface area contributed by atoms with Gasteiger partial charge in [0.25, 0.3) is 5.91 Å². The molecule has 2 heterocycles. The minimum absolute atomic E-state index is 0.0160. The summed E-state index contributed by atoms with van der Waals surface area (Å²) in [5, 5.41) is 12.3. The number of hydrogen-bond donors (Lipinski definition) is 1. The largest absolute Gasteiger partial charge is 0.455 e. The molecule has 6 heteroatoms. The molecule has 1 amide bonds. The molecule has 2 aromatic carbocycles. The Kier molecular flexibility index (Phi) is 5.85. The van der Waals surface area contributed by atoms with Crippen LogP contribution in [0, 0.1) is 17.4 Å².